The maximum absolute atomic E-state index is 5.77. The number of rotatable bonds is 2. The predicted molar refractivity (Wildman–Crippen MR) is 83.8 cm³/mol. The van der Waals surface area contributed by atoms with Crippen molar-refractivity contribution in [3.8, 4) is 0 Å². The van der Waals surface area contributed by atoms with E-state index in [1.165, 1.54) is 16.7 Å². The lowest BCUT2D eigenvalue weighted by Gasteiger charge is -2.17. The van der Waals surface area contributed by atoms with Crippen molar-refractivity contribution in [3.63, 3.8) is 0 Å². The van der Waals surface area contributed by atoms with Crippen LogP contribution in [0, 0.1) is 5.41 Å². The first-order valence-electron chi connectivity index (χ1n) is 6.60. The van der Waals surface area contributed by atoms with Crippen LogP contribution < -0.4 is 5.73 Å². The van der Waals surface area contributed by atoms with E-state index in [4.69, 9.17) is 5.73 Å². The van der Waals surface area contributed by atoms with Gasteiger partial charge in [0, 0.05) is 5.69 Å². The van der Waals surface area contributed by atoms with Crippen LogP contribution in [-0.2, 0) is 0 Å². The molecule has 19 heavy (non-hydrogen) atoms. The Balaban J connectivity index is 2.53. The molecule has 0 unspecified atom stereocenters. The first kappa shape index (κ1) is 13.4. The fourth-order valence-electron chi connectivity index (χ4n) is 2.05. The molecule has 0 fully saturated rings. The molecule has 0 saturated carbocycles. The summed E-state index contributed by atoms with van der Waals surface area (Å²) in [5, 5.41) is 0. The number of allylic oxidation sites excluding steroid dienone is 1. The van der Waals surface area contributed by atoms with Crippen LogP contribution in [-0.4, -0.2) is 0 Å². The maximum Gasteiger partial charge on any atom is 0.0314 e. The predicted octanol–water partition coefficient (Wildman–Crippen LogP) is 4.75. The second kappa shape index (κ2) is 5.31. The fourth-order valence-corrected chi connectivity index (χ4v) is 2.05. The van der Waals surface area contributed by atoms with E-state index in [-0.39, 0.29) is 5.41 Å². The Labute approximate surface area is 115 Å². The summed E-state index contributed by atoms with van der Waals surface area (Å²) in [4.78, 5) is 0. The van der Waals surface area contributed by atoms with Gasteiger partial charge in [-0.25, -0.2) is 0 Å². The van der Waals surface area contributed by atoms with E-state index < -0.39 is 0 Å². The highest BCUT2D eigenvalue weighted by molar-refractivity contribution is 5.80. The van der Waals surface area contributed by atoms with Gasteiger partial charge in [-0.1, -0.05) is 69.3 Å². The van der Waals surface area contributed by atoms with Gasteiger partial charge in [0.2, 0.25) is 0 Å². The zero-order valence-corrected chi connectivity index (χ0v) is 11.9. The van der Waals surface area contributed by atoms with Gasteiger partial charge in [-0.3, -0.25) is 0 Å². The van der Waals surface area contributed by atoms with E-state index in [0.29, 0.717) is 0 Å². The molecule has 2 aromatic rings. The number of nitrogens with two attached hydrogens (primary N) is 1. The van der Waals surface area contributed by atoms with Gasteiger partial charge < -0.3 is 5.73 Å². The average molecular weight is 251 g/mol. The van der Waals surface area contributed by atoms with E-state index >= 15 is 0 Å². The second-order valence-electron chi connectivity index (χ2n) is 5.91. The molecule has 0 spiro atoms. The minimum absolute atomic E-state index is 0.132. The molecule has 0 atom stereocenters. The van der Waals surface area contributed by atoms with Crippen LogP contribution in [0.1, 0.15) is 31.9 Å². The smallest absolute Gasteiger partial charge is 0.0314 e. The number of nitrogen functional groups attached to an aromatic ring is 1. The molecular weight excluding hydrogens is 230 g/mol. The lowest BCUT2D eigenvalue weighted by atomic mass is 9.88. The van der Waals surface area contributed by atoms with Gasteiger partial charge in [-0.2, -0.15) is 0 Å². The molecule has 2 aromatic carbocycles. The Morgan fingerprint density at radius 3 is 1.89 bits per heavy atom. The van der Waals surface area contributed by atoms with Crippen LogP contribution in [0.2, 0.25) is 0 Å². The second-order valence-corrected chi connectivity index (χ2v) is 5.91. The Hall–Kier alpha value is -2.02. The normalized spacial score (nSPS) is 12.5. The highest BCUT2D eigenvalue weighted by Gasteiger charge is 2.11. The lowest BCUT2D eigenvalue weighted by molar-refractivity contribution is 0.546. The molecular formula is C18H21N. The summed E-state index contributed by atoms with van der Waals surface area (Å²) in [6.07, 6.45) is 2.31. The Morgan fingerprint density at radius 2 is 1.37 bits per heavy atom. The molecule has 1 heteroatoms. The summed E-state index contributed by atoms with van der Waals surface area (Å²) in [6, 6.07) is 18.6. The highest BCUT2D eigenvalue weighted by atomic mass is 14.5. The Morgan fingerprint density at radius 1 is 0.842 bits per heavy atom. The fraction of sp³-hybridized carbons (Fsp3) is 0.222. The first-order chi connectivity index (χ1) is 8.96. The number of hydrogen-bond acceptors (Lipinski definition) is 1. The van der Waals surface area contributed by atoms with Crippen LogP contribution in [0.3, 0.4) is 0 Å². The summed E-state index contributed by atoms with van der Waals surface area (Å²) in [7, 11) is 0. The van der Waals surface area contributed by atoms with Gasteiger partial charge in [0.15, 0.2) is 0 Å². The van der Waals surface area contributed by atoms with Crippen molar-refractivity contribution in [2.45, 2.75) is 20.8 Å². The van der Waals surface area contributed by atoms with Crippen LogP contribution >= 0.6 is 0 Å². The average Bonchev–Trinajstić information content (AvgIpc) is 2.37. The largest absolute Gasteiger partial charge is 0.399 e. The van der Waals surface area contributed by atoms with Crippen molar-refractivity contribution < 1.29 is 0 Å². The Kier molecular flexibility index (Phi) is 3.75. The van der Waals surface area contributed by atoms with Crippen molar-refractivity contribution >= 4 is 11.3 Å². The summed E-state index contributed by atoms with van der Waals surface area (Å²) >= 11 is 0. The van der Waals surface area contributed by atoms with E-state index in [1.807, 2.05) is 18.2 Å². The molecule has 0 heterocycles. The number of hydrogen-bond donors (Lipinski definition) is 1. The zero-order valence-electron chi connectivity index (χ0n) is 11.9. The summed E-state index contributed by atoms with van der Waals surface area (Å²) in [5.41, 5.74) is 10.4. The highest BCUT2D eigenvalue weighted by Crippen LogP contribution is 2.29. The van der Waals surface area contributed by atoms with Crippen LogP contribution in [0.5, 0.6) is 0 Å². The van der Waals surface area contributed by atoms with Gasteiger partial charge in [0.25, 0.3) is 0 Å². The quantitative estimate of drug-likeness (QED) is 0.766. The van der Waals surface area contributed by atoms with Gasteiger partial charge in [0.05, 0.1) is 0 Å². The molecule has 1 nitrogen and oxygen atoms in total. The summed E-state index contributed by atoms with van der Waals surface area (Å²) in [6.45, 7) is 6.65. The van der Waals surface area contributed by atoms with Crippen LogP contribution in [0.4, 0.5) is 5.69 Å². The van der Waals surface area contributed by atoms with Crippen molar-refractivity contribution in [3.05, 3.63) is 71.8 Å². The van der Waals surface area contributed by atoms with Crippen molar-refractivity contribution in [1.29, 1.82) is 0 Å². The Bertz CT molecular complexity index is 557. The molecule has 0 aliphatic carbocycles. The molecule has 0 radical (unpaired) electrons. The van der Waals surface area contributed by atoms with Crippen LogP contribution in [0.25, 0.3) is 5.57 Å². The third-order valence-electron chi connectivity index (χ3n) is 2.88. The van der Waals surface area contributed by atoms with Gasteiger partial charge in [-0.05, 0) is 34.2 Å². The first-order valence-corrected chi connectivity index (χ1v) is 6.60. The minimum Gasteiger partial charge on any atom is -0.399 e. The van der Waals surface area contributed by atoms with Crippen molar-refractivity contribution in [2.75, 3.05) is 5.73 Å². The molecule has 2 N–H and O–H groups in total. The molecule has 0 aromatic heterocycles. The lowest BCUT2D eigenvalue weighted by Crippen LogP contribution is -2.02. The topological polar surface area (TPSA) is 26.0 Å². The zero-order chi connectivity index (χ0) is 13.9. The SMILES string of the molecule is CC(C)(C)C=C(c1ccccc1)c1ccc(N)cc1. The molecule has 98 valence electrons. The summed E-state index contributed by atoms with van der Waals surface area (Å²) in [5.74, 6) is 0. The number of anilines is 1. The van der Waals surface area contributed by atoms with E-state index in [0.717, 1.165) is 5.69 Å². The monoisotopic (exact) mass is 251 g/mol. The van der Waals surface area contributed by atoms with E-state index in [9.17, 15) is 0 Å². The van der Waals surface area contributed by atoms with E-state index in [1.54, 1.807) is 0 Å². The third-order valence-corrected chi connectivity index (χ3v) is 2.88. The van der Waals surface area contributed by atoms with Gasteiger partial charge >= 0.3 is 0 Å². The van der Waals surface area contributed by atoms with Crippen molar-refractivity contribution in [1.82, 2.24) is 0 Å². The van der Waals surface area contributed by atoms with Crippen molar-refractivity contribution in [2.24, 2.45) is 5.41 Å². The molecule has 0 aliphatic rings. The molecule has 0 aliphatic heterocycles. The molecule has 0 bridgehead atoms. The van der Waals surface area contributed by atoms with Crippen LogP contribution in [0.15, 0.2) is 60.7 Å². The maximum atomic E-state index is 5.77. The standard InChI is InChI=1S/C18H21N/c1-18(2,3)13-17(14-7-5-4-6-8-14)15-9-11-16(19)12-10-15/h4-13H,19H2,1-3H3. The molecule has 0 saturated heterocycles. The molecule has 2 rings (SSSR count). The minimum atomic E-state index is 0.132. The number of benzene rings is 2. The third kappa shape index (κ3) is 3.72. The molecule has 0 amide bonds. The summed E-state index contributed by atoms with van der Waals surface area (Å²) < 4.78 is 0. The van der Waals surface area contributed by atoms with Gasteiger partial charge in [-0.15, -0.1) is 0 Å². The van der Waals surface area contributed by atoms with E-state index in [2.05, 4.69) is 63.2 Å². The van der Waals surface area contributed by atoms with Gasteiger partial charge in [0.1, 0.15) is 0 Å².